The summed E-state index contributed by atoms with van der Waals surface area (Å²) in [5.74, 6) is 0. The van der Waals surface area contributed by atoms with Gasteiger partial charge in [-0.2, -0.15) is 13.2 Å². The molecular weight excluding hydrogens is 363 g/mol. The molecule has 0 bridgehead atoms. The molecule has 0 aliphatic carbocycles. The fraction of sp³-hybridized carbons (Fsp3) is 0.333. The number of likely N-dealkylation sites (N-methyl/N-ethyl adjacent to an activating group) is 1. The Labute approximate surface area is 154 Å². The van der Waals surface area contributed by atoms with Gasteiger partial charge in [0.2, 0.25) is 0 Å². The van der Waals surface area contributed by atoms with E-state index in [1.165, 1.54) is 11.0 Å². The summed E-state index contributed by atoms with van der Waals surface area (Å²) in [6.45, 7) is 1.56. The van der Waals surface area contributed by atoms with Gasteiger partial charge in [0, 0.05) is 19.3 Å². The highest BCUT2D eigenvalue weighted by Gasteiger charge is 2.32. The number of carbonyl (C=O) groups is 1. The van der Waals surface area contributed by atoms with E-state index in [0.717, 1.165) is 17.2 Å². The molecule has 2 rings (SSSR count). The van der Waals surface area contributed by atoms with Crippen molar-refractivity contribution in [2.24, 2.45) is 0 Å². The van der Waals surface area contributed by atoms with Crippen LogP contribution in [-0.4, -0.2) is 47.0 Å². The lowest BCUT2D eigenvalue weighted by atomic mass is 10.1. The van der Waals surface area contributed by atoms with E-state index in [2.05, 4.69) is 4.98 Å². The Kier molecular flexibility index (Phi) is 6.27. The number of hydrogen-bond acceptors (Lipinski definition) is 4. The molecule has 6 nitrogen and oxygen atoms in total. The number of aliphatic hydroxyl groups excluding tert-OH is 1. The van der Waals surface area contributed by atoms with Crippen molar-refractivity contribution in [1.82, 2.24) is 4.98 Å². The van der Waals surface area contributed by atoms with Gasteiger partial charge in [0.1, 0.15) is 5.69 Å². The summed E-state index contributed by atoms with van der Waals surface area (Å²) in [5, 5.41) is 20.0. The molecule has 2 atom stereocenters. The molecule has 1 amide bonds. The molecule has 1 aromatic heterocycles. The van der Waals surface area contributed by atoms with E-state index in [1.54, 1.807) is 44.3 Å². The van der Waals surface area contributed by atoms with E-state index in [0.29, 0.717) is 11.4 Å². The summed E-state index contributed by atoms with van der Waals surface area (Å²) in [6, 6.07) is 9.66. The Morgan fingerprint density at radius 1 is 1.15 bits per heavy atom. The maximum Gasteiger partial charge on any atom is 0.433 e. The minimum absolute atomic E-state index is 0.00479. The standard InChI is InChI=1S/C18H20F3N3O3/c1-12(24(17(26)27)13-6-4-3-5-7-13)15(25)11-23(2)14-8-9-16(22-10-14)18(19,20)21/h3-10,12,15,25H,11H2,1-2H3,(H,26,27)/t12-,15+/m0/s1. The number of aromatic nitrogens is 1. The highest BCUT2D eigenvalue weighted by atomic mass is 19.4. The zero-order valence-electron chi connectivity index (χ0n) is 14.8. The molecular formula is C18H20F3N3O3. The van der Waals surface area contributed by atoms with Crippen molar-refractivity contribution in [3.05, 3.63) is 54.4 Å². The molecule has 2 aromatic rings. The summed E-state index contributed by atoms with van der Waals surface area (Å²) < 4.78 is 37.8. The van der Waals surface area contributed by atoms with Crippen LogP contribution < -0.4 is 9.80 Å². The minimum atomic E-state index is -4.52. The first-order valence-corrected chi connectivity index (χ1v) is 8.11. The van der Waals surface area contributed by atoms with Gasteiger partial charge in [0.25, 0.3) is 0 Å². The first-order chi connectivity index (χ1) is 12.6. The highest BCUT2D eigenvalue weighted by Crippen LogP contribution is 2.28. The number of amides is 1. The largest absolute Gasteiger partial charge is 0.465 e. The number of halogens is 3. The molecule has 0 spiro atoms. The molecule has 9 heteroatoms. The summed E-state index contributed by atoms with van der Waals surface area (Å²) in [5.41, 5.74) is -0.221. The van der Waals surface area contributed by atoms with Crippen LogP contribution in [0.1, 0.15) is 12.6 Å². The van der Waals surface area contributed by atoms with Crippen molar-refractivity contribution >= 4 is 17.5 Å². The SMILES string of the molecule is C[C@@H]([C@H](O)CN(C)c1ccc(C(F)(F)F)nc1)N(C(=O)O)c1ccccc1. The number of anilines is 2. The molecule has 0 saturated carbocycles. The first-order valence-electron chi connectivity index (χ1n) is 8.11. The Morgan fingerprint density at radius 2 is 1.78 bits per heavy atom. The maximum atomic E-state index is 12.6. The van der Waals surface area contributed by atoms with Gasteiger partial charge in [-0.1, -0.05) is 18.2 Å². The van der Waals surface area contributed by atoms with E-state index >= 15 is 0 Å². The Bertz CT molecular complexity index is 754. The monoisotopic (exact) mass is 383 g/mol. The molecule has 0 unspecified atom stereocenters. The molecule has 0 radical (unpaired) electrons. The number of pyridine rings is 1. The third kappa shape index (κ3) is 5.10. The van der Waals surface area contributed by atoms with Gasteiger partial charge < -0.3 is 15.1 Å². The lowest BCUT2D eigenvalue weighted by Crippen LogP contribution is -2.48. The quantitative estimate of drug-likeness (QED) is 0.799. The van der Waals surface area contributed by atoms with Gasteiger partial charge in [0.15, 0.2) is 0 Å². The Balaban J connectivity index is 2.10. The number of alkyl halides is 3. The predicted octanol–water partition coefficient (Wildman–Crippen LogP) is 3.47. The van der Waals surface area contributed by atoms with Crippen LogP contribution in [0.15, 0.2) is 48.7 Å². The van der Waals surface area contributed by atoms with Crippen LogP contribution in [-0.2, 0) is 6.18 Å². The lowest BCUT2D eigenvalue weighted by molar-refractivity contribution is -0.141. The smallest absolute Gasteiger partial charge is 0.433 e. The Morgan fingerprint density at radius 3 is 2.26 bits per heavy atom. The molecule has 27 heavy (non-hydrogen) atoms. The van der Waals surface area contributed by atoms with Crippen molar-refractivity contribution in [1.29, 1.82) is 0 Å². The normalized spacial score (nSPS) is 13.7. The van der Waals surface area contributed by atoms with Crippen LogP contribution in [0.4, 0.5) is 29.3 Å². The minimum Gasteiger partial charge on any atom is -0.465 e. The van der Waals surface area contributed by atoms with Gasteiger partial charge in [-0.3, -0.25) is 4.90 Å². The molecule has 1 aromatic carbocycles. The van der Waals surface area contributed by atoms with Crippen LogP contribution in [0, 0.1) is 0 Å². The number of rotatable bonds is 6. The van der Waals surface area contributed by atoms with Crippen LogP contribution in [0.3, 0.4) is 0 Å². The van der Waals surface area contributed by atoms with Crippen LogP contribution in [0.5, 0.6) is 0 Å². The fourth-order valence-corrected chi connectivity index (χ4v) is 2.60. The Hall–Kier alpha value is -2.81. The molecule has 0 aliphatic heterocycles. The van der Waals surface area contributed by atoms with E-state index in [1.807, 2.05) is 0 Å². The summed E-state index contributed by atoms with van der Waals surface area (Å²) in [6.07, 6.45) is -5.77. The molecule has 1 heterocycles. The molecule has 0 fully saturated rings. The highest BCUT2D eigenvalue weighted by molar-refractivity contribution is 5.86. The van der Waals surface area contributed by atoms with Gasteiger partial charge in [-0.15, -0.1) is 0 Å². The number of hydrogen-bond donors (Lipinski definition) is 2. The van der Waals surface area contributed by atoms with Crippen molar-refractivity contribution in [2.75, 3.05) is 23.4 Å². The van der Waals surface area contributed by atoms with E-state index < -0.39 is 30.1 Å². The molecule has 2 N–H and O–H groups in total. The van der Waals surface area contributed by atoms with E-state index in [9.17, 15) is 28.2 Å². The van der Waals surface area contributed by atoms with Crippen molar-refractivity contribution in [3.63, 3.8) is 0 Å². The third-order valence-electron chi connectivity index (χ3n) is 4.14. The number of nitrogens with zero attached hydrogens (tertiary/aromatic N) is 3. The third-order valence-corrected chi connectivity index (χ3v) is 4.14. The average molecular weight is 383 g/mol. The zero-order valence-corrected chi connectivity index (χ0v) is 14.8. The van der Waals surface area contributed by atoms with Gasteiger partial charge in [0.05, 0.1) is 24.0 Å². The van der Waals surface area contributed by atoms with E-state index in [-0.39, 0.29) is 6.54 Å². The number of para-hydroxylation sites is 1. The second-order valence-corrected chi connectivity index (χ2v) is 6.08. The molecule has 146 valence electrons. The van der Waals surface area contributed by atoms with Crippen LogP contribution in [0.2, 0.25) is 0 Å². The van der Waals surface area contributed by atoms with Crippen molar-refractivity contribution in [3.8, 4) is 0 Å². The second kappa shape index (κ2) is 8.26. The topological polar surface area (TPSA) is 76.9 Å². The lowest BCUT2D eigenvalue weighted by Gasteiger charge is -2.32. The summed E-state index contributed by atoms with van der Waals surface area (Å²) in [4.78, 5) is 17.6. The maximum absolute atomic E-state index is 12.6. The average Bonchev–Trinajstić information content (AvgIpc) is 2.61. The van der Waals surface area contributed by atoms with Gasteiger partial charge in [-0.05, 0) is 31.2 Å². The fourth-order valence-electron chi connectivity index (χ4n) is 2.60. The molecule has 0 saturated heterocycles. The van der Waals surface area contributed by atoms with Crippen LogP contribution in [0.25, 0.3) is 0 Å². The van der Waals surface area contributed by atoms with E-state index in [4.69, 9.17) is 0 Å². The van der Waals surface area contributed by atoms with Crippen LogP contribution >= 0.6 is 0 Å². The van der Waals surface area contributed by atoms with Gasteiger partial charge >= 0.3 is 12.3 Å². The van der Waals surface area contributed by atoms with Crippen molar-refractivity contribution in [2.45, 2.75) is 25.2 Å². The number of benzene rings is 1. The van der Waals surface area contributed by atoms with Crippen molar-refractivity contribution < 1.29 is 28.2 Å². The summed E-state index contributed by atoms with van der Waals surface area (Å²) >= 11 is 0. The predicted molar refractivity (Wildman–Crippen MR) is 94.9 cm³/mol. The number of carboxylic acid groups (broad SMARTS) is 1. The number of aliphatic hydroxyl groups is 1. The summed E-state index contributed by atoms with van der Waals surface area (Å²) in [7, 11) is 1.58. The second-order valence-electron chi connectivity index (χ2n) is 6.08. The first kappa shape index (κ1) is 20.5. The molecule has 0 aliphatic rings. The zero-order chi connectivity index (χ0) is 20.2. The van der Waals surface area contributed by atoms with Gasteiger partial charge in [-0.25, -0.2) is 9.78 Å².